The fourth-order valence-electron chi connectivity index (χ4n) is 4.10. The first-order valence-electron chi connectivity index (χ1n) is 11.7. The van der Waals surface area contributed by atoms with E-state index in [1.165, 1.54) is 34.2 Å². The fraction of sp³-hybridized carbons (Fsp3) is 0.348. The summed E-state index contributed by atoms with van der Waals surface area (Å²) < 4.78 is 50.9. The zero-order valence-electron chi connectivity index (χ0n) is 20.2. The molecule has 0 saturated heterocycles. The first-order chi connectivity index (χ1) is 17.6. The number of hydrogen-bond acceptors (Lipinski definition) is 9. The molecule has 0 spiro atoms. The maximum atomic E-state index is 14.0. The molecule has 1 aliphatic carbocycles. The van der Waals surface area contributed by atoms with Crippen molar-refractivity contribution in [3.8, 4) is 17.0 Å². The first-order valence-corrected chi connectivity index (χ1v) is 16.1. The molecular formula is C23H26N5O6PS2. The highest BCUT2D eigenvalue weighted by atomic mass is 32.2. The van der Waals surface area contributed by atoms with Crippen molar-refractivity contribution in [2.75, 3.05) is 22.9 Å². The Balaban J connectivity index is 1.65. The van der Waals surface area contributed by atoms with Crippen molar-refractivity contribution in [2.24, 2.45) is 10.7 Å². The number of aryl methyl sites for hydroxylation is 1. The van der Waals surface area contributed by atoms with Gasteiger partial charge >= 0.3 is 7.52 Å². The predicted octanol–water partition coefficient (Wildman–Crippen LogP) is 3.58. The van der Waals surface area contributed by atoms with Crippen molar-refractivity contribution >= 4 is 51.4 Å². The highest BCUT2D eigenvalue weighted by molar-refractivity contribution is 7.92. The van der Waals surface area contributed by atoms with Gasteiger partial charge in [-0.1, -0.05) is 12.8 Å². The molecule has 1 aromatic carbocycles. The van der Waals surface area contributed by atoms with Gasteiger partial charge in [0, 0.05) is 23.2 Å². The van der Waals surface area contributed by atoms with Crippen LogP contribution in [0.1, 0.15) is 31.7 Å². The average Bonchev–Trinajstić information content (AvgIpc) is 3.49. The number of rotatable bonds is 9. The number of anilines is 2. The number of amidine groups is 1. The third-order valence-corrected chi connectivity index (χ3v) is 9.34. The van der Waals surface area contributed by atoms with Crippen molar-refractivity contribution < 1.29 is 22.6 Å². The van der Waals surface area contributed by atoms with Gasteiger partial charge in [0.1, 0.15) is 11.3 Å². The van der Waals surface area contributed by atoms with Gasteiger partial charge in [-0.2, -0.15) is 21.2 Å². The lowest BCUT2D eigenvalue weighted by Crippen LogP contribution is -2.35. The number of aromatic hydroxyl groups is 1. The van der Waals surface area contributed by atoms with Crippen LogP contribution in [-0.2, 0) is 25.7 Å². The number of fused-ring (bicyclic) bond motifs is 1. The Morgan fingerprint density at radius 2 is 2.11 bits per heavy atom. The molecule has 3 N–H and O–H groups in total. The van der Waals surface area contributed by atoms with Gasteiger partial charge in [0.25, 0.3) is 5.56 Å². The Labute approximate surface area is 217 Å². The number of nitrogens with zero attached hydrogens (tertiary/aromatic N) is 3. The second-order valence-electron chi connectivity index (χ2n) is 8.96. The zero-order valence-corrected chi connectivity index (χ0v) is 22.7. The summed E-state index contributed by atoms with van der Waals surface area (Å²) in [5.74, 6) is 0.0781. The molecule has 196 valence electrons. The third-order valence-electron chi connectivity index (χ3n) is 6.00. The Morgan fingerprint density at radius 1 is 1.32 bits per heavy atom. The second kappa shape index (κ2) is 9.71. The minimum absolute atomic E-state index is 0.0470. The van der Waals surface area contributed by atoms with E-state index in [2.05, 4.69) is 19.9 Å². The molecule has 5 rings (SSSR count). The Morgan fingerprint density at radius 3 is 2.76 bits per heavy atom. The summed E-state index contributed by atoms with van der Waals surface area (Å²) >= 11 is 1.43. The van der Waals surface area contributed by atoms with Gasteiger partial charge in [0.05, 0.1) is 23.9 Å². The van der Waals surface area contributed by atoms with Crippen LogP contribution in [-0.4, -0.2) is 42.0 Å². The summed E-state index contributed by atoms with van der Waals surface area (Å²) in [5.41, 5.74) is 0.654. The maximum Gasteiger partial charge on any atom is 0.348 e. The van der Waals surface area contributed by atoms with E-state index in [0.29, 0.717) is 23.7 Å². The summed E-state index contributed by atoms with van der Waals surface area (Å²) in [6.07, 6.45) is 4.04. The minimum atomic E-state index is -3.96. The summed E-state index contributed by atoms with van der Waals surface area (Å²) in [5, 5.41) is 22.5. The van der Waals surface area contributed by atoms with Crippen molar-refractivity contribution in [3.05, 3.63) is 50.9 Å². The molecule has 0 bridgehead atoms. The summed E-state index contributed by atoms with van der Waals surface area (Å²) in [6.45, 7) is 2.07. The monoisotopic (exact) mass is 563 g/mol. The molecule has 14 heteroatoms. The highest BCUT2D eigenvalue weighted by Crippen LogP contribution is 2.52. The van der Waals surface area contributed by atoms with Crippen LogP contribution in [0.3, 0.4) is 0 Å². The molecule has 37 heavy (non-hydrogen) atoms. The number of nitrogens with one attached hydrogen (secondary N) is 2. The average molecular weight is 564 g/mol. The van der Waals surface area contributed by atoms with Crippen LogP contribution in [0, 0.1) is 5.92 Å². The Kier molecular flexibility index (Phi) is 6.73. The quantitative estimate of drug-likeness (QED) is 0.334. The number of aromatic nitrogens is 2. The van der Waals surface area contributed by atoms with Crippen LogP contribution in [0.5, 0.6) is 5.75 Å². The predicted molar refractivity (Wildman–Crippen MR) is 145 cm³/mol. The number of thiophene rings is 1. The van der Waals surface area contributed by atoms with E-state index < -0.39 is 23.1 Å². The van der Waals surface area contributed by atoms with Gasteiger partial charge in [-0.05, 0) is 48.9 Å². The molecule has 2 aliphatic rings. The van der Waals surface area contributed by atoms with Crippen LogP contribution in [0.15, 0.2) is 44.6 Å². The number of sulfonamides is 1. The fourth-order valence-corrected chi connectivity index (χ4v) is 7.11. The molecule has 3 aromatic rings. The van der Waals surface area contributed by atoms with E-state index in [1.54, 1.807) is 13.0 Å². The van der Waals surface area contributed by atoms with Crippen LogP contribution in [0.4, 0.5) is 11.4 Å². The molecule has 1 unspecified atom stereocenters. The van der Waals surface area contributed by atoms with Gasteiger partial charge in [0.15, 0.2) is 11.6 Å². The number of hydrogen-bond donors (Lipinski definition) is 3. The Hall–Kier alpha value is -2.99. The van der Waals surface area contributed by atoms with Crippen molar-refractivity contribution in [3.63, 3.8) is 0 Å². The standard InChI is InChI=1S/C23H26N5O6PS2/c1-3-34-35(31)18-12-16(27-37(2,32)33)6-7-17(18)24-22(26-35)19-21(29)20(15-9-11-36-13-15)25-28(23(19)30)10-8-14-4-5-14/h6-7,9,11-14,27,29H,3-5,8,10H2,1-2H3,(H,24,26,31). The maximum absolute atomic E-state index is 14.0. The van der Waals surface area contributed by atoms with Crippen LogP contribution < -0.4 is 20.9 Å². The van der Waals surface area contributed by atoms with Crippen molar-refractivity contribution in [1.82, 2.24) is 9.78 Å². The van der Waals surface area contributed by atoms with E-state index in [9.17, 15) is 22.9 Å². The molecule has 1 saturated carbocycles. The molecule has 0 radical (unpaired) electrons. The number of benzene rings is 1. The molecule has 3 heterocycles. The lowest BCUT2D eigenvalue weighted by Gasteiger charge is -2.26. The van der Waals surface area contributed by atoms with Gasteiger partial charge in [0.2, 0.25) is 10.0 Å². The summed E-state index contributed by atoms with van der Waals surface area (Å²) in [4.78, 5) is 13.6. The van der Waals surface area contributed by atoms with Crippen molar-refractivity contribution in [1.29, 1.82) is 0 Å². The van der Waals surface area contributed by atoms with Crippen LogP contribution in [0.25, 0.3) is 11.3 Å². The van der Waals surface area contributed by atoms with Gasteiger partial charge in [-0.25, -0.2) is 13.1 Å². The minimum Gasteiger partial charge on any atom is -0.505 e. The largest absolute Gasteiger partial charge is 0.505 e. The van der Waals surface area contributed by atoms with E-state index in [0.717, 1.165) is 25.5 Å². The topological polar surface area (TPSA) is 152 Å². The van der Waals surface area contributed by atoms with E-state index in [4.69, 9.17) is 4.52 Å². The molecule has 1 aliphatic heterocycles. The summed E-state index contributed by atoms with van der Waals surface area (Å²) in [7, 11) is -7.53. The first kappa shape index (κ1) is 25.7. The molecule has 11 nitrogen and oxygen atoms in total. The molecule has 1 atom stereocenters. The lowest BCUT2D eigenvalue weighted by molar-refractivity contribution is 0.341. The zero-order chi connectivity index (χ0) is 26.4. The van der Waals surface area contributed by atoms with E-state index in [1.807, 2.05) is 10.8 Å². The van der Waals surface area contributed by atoms with E-state index >= 15 is 0 Å². The van der Waals surface area contributed by atoms with E-state index in [-0.39, 0.29) is 40.4 Å². The molecule has 2 aromatic heterocycles. The van der Waals surface area contributed by atoms with Gasteiger partial charge in [-0.3, -0.25) is 14.1 Å². The van der Waals surface area contributed by atoms with Crippen LogP contribution in [0.2, 0.25) is 0 Å². The van der Waals surface area contributed by atoms with Crippen molar-refractivity contribution in [2.45, 2.75) is 32.7 Å². The molecule has 1 fully saturated rings. The van der Waals surface area contributed by atoms with Gasteiger partial charge in [-0.15, -0.1) is 0 Å². The lowest BCUT2D eigenvalue weighted by atomic mass is 10.1. The SMILES string of the molecule is CCOP1(=O)N=C(c2c(O)c(-c3ccsc3)nn(CCC3CC3)c2=O)Nc2ccc(NS(C)(=O)=O)cc21. The third kappa shape index (κ3) is 5.35. The smallest absolute Gasteiger partial charge is 0.348 e. The molecular weight excluding hydrogens is 537 g/mol. The summed E-state index contributed by atoms with van der Waals surface area (Å²) in [6, 6.07) is 6.19. The highest BCUT2D eigenvalue weighted by Gasteiger charge is 2.36. The molecule has 0 amide bonds. The van der Waals surface area contributed by atoms with Gasteiger partial charge < -0.3 is 14.9 Å². The normalized spacial score (nSPS) is 19.1. The van der Waals surface area contributed by atoms with Crippen LogP contribution >= 0.6 is 18.9 Å². The second-order valence-corrected chi connectivity index (χ2v) is 13.5. The Bertz CT molecular complexity index is 1600.